The summed E-state index contributed by atoms with van der Waals surface area (Å²) in [5.74, 6) is 0. The minimum absolute atomic E-state index is 0.261. The molecule has 1 heterocycles. The summed E-state index contributed by atoms with van der Waals surface area (Å²) in [6.07, 6.45) is 0.834. The van der Waals surface area contributed by atoms with Gasteiger partial charge in [0.05, 0.1) is 0 Å². The van der Waals surface area contributed by atoms with Crippen molar-refractivity contribution in [2.45, 2.75) is 33.2 Å². The largest absolute Gasteiger partial charge is 0.396 e. The van der Waals surface area contributed by atoms with Crippen LogP contribution in [0.2, 0.25) is 0 Å². The average Bonchev–Trinajstić information content (AvgIpc) is 2.28. The Balaban J connectivity index is 2.20. The third-order valence-corrected chi connectivity index (χ3v) is 3.68. The molecule has 1 aliphatic rings. The van der Waals surface area contributed by atoms with Crippen LogP contribution in [-0.4, -0.2) is 37.4 Å². The zero-order chi connectivity index (χ0) is 13.1. The van der Waals surface area contributed by atoms with E-state index in [0.717, 1.165) is 26.1 Å². The molecule has 0 radical (unpaired) electrons. The molecule has 1 fully saturated rings. The number of aliphatic hydroxyl groups is 1. The van der Waals surface area contributed by atoms with Crippen molar-refractivity contribution in [1.82, 2.24) is 5.32 Å². The van der Waals surface area contributed by atoms with Crippen LogP contribution in [0.25, 0.3) is 0 Å². The van der Waals surface area contributed by atoms with Gasteiger partial charge in [0, 0.05) is 38.0 Å². The van der Waals surface area contributed by atoms with Crippen LogP contribution >= 0.6 is 0 Å². The summed E-state index contributed by atoms with van der Waals surface area (Å²) in [5.41, 5.74) is 5.43. The van der Waals surface area contributed by atoms with Gasteiger partial charge in [-0.1, -0.05) is 17.7 Å². The van der Waals surface area contributed by atoms with Gasteiger partial charge in [0.25, 0.3) is 0 Å². The number of nitrogens with zero attached hydrogens (tertiary/aromatic N) is 1. The lowest BCUT2D eigenvalue weighted by Crippen LogP contribution is -2.51. The van der Waals surface area contributed by atoms with E-state index in [4.69, 9.17) is 5.11 Å². The second kappa shape index (κ2) is 5.72. The topological polar surface area (TPSA) is 35.5 Å². The summed E-state index contributed by atoms with van der Waals surface area (Å²) in [5, 5.41) is 12.5. The summed E-state index contributed by atoms with van der Waals surface area (Å²) in [7, 11) is 0. The Kier molecular flexibility index (Phi) is 4.25. The molecule has 0 aliphatic carbocycles. The Morgan fingerprint density at radius 1 is 1.28 bits per heavy atom. The average molecular weight is 248 g/mol. The maximum Gasteiger partial charge on any atom is 0.0446 e. The number of hydrogen-bond donors (Lipinski definition) is 2. The molecule has 1 unspecified atom stereocenters. The minimum Gasteiger partial charge on any atom is -0.396 e. The second-order valence-electron chi connectivity index (χ2n) is 5.36. The van der Waals surface area contributed by atoms with Crippen LogP contribution in [0.5, 0.6) is 0 Å². The summed E-state index contributed by atoms with van der Waals surface area (Å²) < 4.78 is 0. The van der Waals surface area contributed by atoms with E-state index < -0.39 is 0 Å². The molecular formula is C15H24N2O. The monoisotopic (exact) mass is 248 g/mol. The molecule has 0 bridgehead atoms. The predicted molar refractivity (Wildman–Crippen MR) is 76.4 cm³/mol. The SMILES string of the molecule is Cc1cc(C)c(N2CCNC(CCO)C2)c(C)c1. The van der Waals surface area contributed by atoms with Gasteiger partial charge in [-0.25, -0.2) is 0 Å². The lowest BCUT2D eigenvalue weighted by atomic mass is 10.0. The van der Waals surface area contributed by atoms with E-state index in [9.17, 15) is 0 Å². The first-order chi connectivity index (χ1) is 8.61. The molecule has 2 rings (SSSR count). The highest BCUT2D eigenvalue weighted by Crippen LogP contribution is 2.27. The fraction of sp³-hybridized carbons (Fsp3) is 0.600. The third-order valence-electron chi connectivity index (χ3n) is 3.68. The number of aryl methyl sites for hydroxylation is 3. The molecule has 3 heteroatoms. The van der Waals surface area contributed by atoms with Gasteiger partial charge in [0.2, 0.25) is 0 Å². The maximum absolute atomic E-state index is 9.06. The van der Waals surface area contributed by atoms with Crippen molar-refractivity contribution in [3.8, 4) is 0 Å². The molecule has 1 aromatic carbocycles. The molecule has 2 N–H and O–H groups in total. The molecule has 18 heavy (non-hydrogen) atoms. The van der Waals surface area contributed by atoms with Gasteiger partial charge >= 0.3 is 0 Å². The minimum atomic E-state index is 0.261. The Morgan fingerprint density at radius 3 is 2.56 bits per heavy atom. The van der Waals surface area contributed by atoms with Crippen molar-refractivity contribution in [3.63, 3.8) is 0 Å². The Labute approximate surface area is 110 Å². The van der Waals surface area contributed by atoms with Crippen LogP contribution in [0.1, 0.15) is 23.1 Å². The van der Waals surface area contributed by atoms with E-state index in [0.29, 0.717) is 6.04 Å². The first kappa shape index (κ1) is 13.4. The summed E-state index contributed by atoms with van der Waals surface area (Å²) in [6.45, 7) is 9.83. The van der Waals surface area contributed by atoms with Crippen molar-refractivity contribution in [2.75, 3.05) is 31.1 Å². The highest BCUT2D eigenvalue weighted by molar-refractivity contribution is 5.60. The van der Waals surface area contributed by atoms with E-state index >= 15 is 0 Å². The smallest absolute Gasteiger partial charge is 0.0446 e. The summed E-state index contributed by atoms with van der Waals surface area (Å²) >= 11 is 0. The van der Waals surface area contributed by atoms with Gasteiger partial charge in [-0.05, 0) is 38.3 Å². The van der Waals surface area contributed by atoms with E-state index in [1.807, 2.05) is 0 Å². The fourth-order valence-electron chi connectivity index (χ4n) is 3.05. The quantitative estimate of drug-likeness (QED) is 0.856. The lowest BCUT2D eigenvalue weighted by Gasteiger charge is -2.37. The normalized spacial score (nSPS) is 20.2. The zero-order valence-electron chi connectivity index (χ0n) is 11.7. The van der Waals surface area contributed by atoms with Gasteiger partial charge in [0.1, 0.15) is 0 Å². The zero-order valence-corrected chi connectivity index (χ0v) is 11.7. The molecular weight excluding hydrogens is 224 g/mol. The van der Waals surface area contributed by atoms with Crippen molar-refractivity contribution in [2.24, 2.45) is 0 Å². The molecule has 1 aromatic rings. The van der Waals surface area contributed by atoms with Crippen LogP contribution in [0.4, 0.5) is 5.69 Å². The lowest BCUT2D eigenvalue weighted by molar-refractivity contribution is 0.260. The maximum atomic E-state index is 9.06. The molecule has 0 aromatic heterocycles. The molecule has 0 spiro atoms. The van der Waals surface area contributed by atoms with Gasteiger partial charge < -0.3 is 15.3 Å². The van der Waals surface area contributed by atoms with Gasteiger partial charge in [0.15, 0.2) is 0 Å². The van der Waals surface area contributed by atoms with Crippen LogP contribution in [0, 0.1) is 20.8 Å². The van der Waals surface area contributed by atoms with Crippen LogP contribution < -0.4 is 10.2 Å². The van der Waals surface area contributed by atoms with Crippen molar-refractivity contribution in [1.29, 1.82) is 0 Å². The number of hydrogen-bond acceptors (Lipinski definition) is 3. The van der Waals surface area contributed by atoms with Crippen molar-refractivity contribution >= 4 is 5.69 Å². The van der Waals surface area contributed by atoms with Crippen LogP contribution in [0.15, 0.2) is 12.1 Å². The summed E-state index contributed by atoms with van der Waals surface area (Å²) in [6, 6.07) is 4.92. The number of nitrogens with one attached hydrogen (secondary N) is 1. The highest BCUT2D eigenvalue weighted by Gasteiger charge is 2.21. The van der Waals surface area contributed by atoms with Gasteiger partial charge in [-0.15, -0.1) is 0 Å². The van der Waals surface area contributed by atoms with Gasteiger partial charge in [-0.3, -0.25) is 0 Å². The van der Waals surface area contributed by atoms with E-state index in [1.165, 1.54) is 22.4 Å². The van der Waals surface area contributed by atoms with E-state index in [1.54, 1.807) is 0 Å². The Hall–Kier alpha value is -1.06. The molecule has 3 nitrogen and oxygen atoms in total. The number of piperazine rings is 1. The number of anilines is 1. The number of aliphatic hydroxyl groups excluding tert-OH is 1. The van der Waals surface area contributed by atoms with Gasteiger partial charge in [-0.2, -0.15) is 0 Å². The van der Waals surface area contributed by atoms with E-state index in [2.05, 4.69) is 43.1 Å². The first-order valence-corrected chi connectivity index (χ1v) is 6.79. The standard InChI is InChI=1S/C15H24N2O/c1-11-8-12(2)15(13(3)9-11)17-6-5-16-14(10-17)4-7-18/h8-9,14,16,18H,4-7,10H2,1-3H3. The molecule has 0 saturated carbocycles. The number of rotatable bonds is 3. The molecule has 100 valence electrons. The van der Waals surface area contributed by atoms with Crippen LogP contribution in [-0.2, 0) is 0 Å². The molecule has 1 atom stereocenters. The Bertz CT molecular complexity index is 392. The van der Waals surface area contributed by atoms with Crippen molar-refractivity contribution < 1.29 is 5.11 Å². The molecule has 1 aliphatic heterocycles. The predicted octanol–water partition coefficient (Wildman–Crippen LogP) is 1.77. The first-order valence-electron chi connectivity index (χ1n) is 6.79. The second-order valence-corrected chi connectivity index (χ2v) is 5.36. The Morgan fingerprint density at radius 2 is 1.94 bits per heavy atom. The highest BCUT2D eigenvalue weighted by atomic mass is 16.3. The summed E-state index contributed by atoms with van der Waals surface area (Å²) in [4.78, 5) is 2.46. The molecule has 1 saturated heterocycles. The van der Waals surface area contributed by atoms with Crippen LogP contribution in [0.3, 0.4) is 0 Å². The third kappa shape index (κ3) is 2.85. The van der Waals surface area contributed by atoms with E-state index in [-0.39, 0.29) is 6.61 Å². The number of benzene rings is 1. The van der Waals surface area contributed by atoms with Crippen molar-refractivity contribution in [3.05, 3.63) is 28.8 Å². The molecule has 0 amide bonds. The fourth-order valence-corrected chi connectivity index (χ4v) is 3.05.